The highest BCUT2D eigenvalue weighted by molar-refractivity contribution is 6.14. The average Bonchev–Trinajstić information content (AvgIpc) is 3.85. The highest BCUT2D eigenvalue weighted by Crippen LogP contribution is 2.52. The number of hydrogen-bond donors (Lipinski definition) is 0. The van der Waals surface area contributed by atoms with Gasteiger partial charge in [0.1, 0.15) is 5.58 Å². The highest BCUT2D eigenvalue weighted by Gasteiger charge is 2.26. The van der Waals surface area contributed by atoms with E-state index in [2.05, 4.69) is 210 Å². The van der Waals surface area contributed by atoms with Gasteiger partial charge in [-0.15, -0.1) is 0 Å². The second kappa shape index (κ2) is 12.3. The molecular weight excluding hydrogens is 717 g/mol. The molecule has 0 saturated heterocycles. The Bertz CT molecular complexity index is 3630. The van der Waals surface area contributed by atoms with E-state index in [1.807, 2.05) is 6.07 Å². The van der Waals surface area contributed by atoms with Crippen molar-refractivity contribution in [3.63, 3.8) is 0 Å². The molecule has 2 aromatic heterocycles. The summed E-state index contributed by atoms with van der Waals surface area (Å²) in [6.07, 6.45) is 0. The molecule has 274 valence electrons. The van der Waals surface area contributed by atoms with E-state index < -0.39 is 0 Å². The Balaban J connectivity index is 0.952. The normalized spacial score (nSPS) is 12.1. The van der Waals surface area contributed by atoms with Crippen LogP contribution in [0.4, 0.5) is 17.1 Å². The maximum atomic E-state index is 6.68. The Morgan fingerprint density at radius 2 is 0.915 bits per heavy atom. The quantitative estimate of drug-likeness (QED) is 0.175. The Hall–Kier alpha value is -7.88. The summed E-state index contributed by atoms with van der Waals surface area (Å²) in [5.41, 5.74) is 16.1. The number of aromatic nitrogens is 1. The number of hydrogen-bond acceptors (Lipinski definition) is 2. The van der Waals surface area contributed by atoms with Crippen molar-refractivity contribution in [2.45, 2.75) is 0 Å². The lowest BCUT2D eigenvalue weighted by molar-refractivity contribution is 0.669. The fourth-order valence-corrected chi connectivity index (χ4v) is 9.72. The van der Waals surface area contributed by atoms with Gasteiger partial charge in [-0.1, -0.05) is 127 Å². The van der Waals surface area contributed by atoms with E-state index in [1.165, 1.54) is 71.3 Å². The van der Waals surface area contributed by atoms with Gasteiger partial charge in [0.2, 0.25) is 0 Å². The zero-order valence-corrected chi connectivity index (χ0v) is 31.9. The molecule has 0 spiro atoms. The van der Waals surface area contributed by atoms with Crippen molar-refractivity contribution in [3.05, 3.63) is 206 Å². The predicted molar refractivity (Wildman–Crippen MR) is 248 cm³/mol. The summed E-state index contributed by atoms with van der Waals surface area (Å²) in [5, 5.41) is 9.69. The maximum Gasteiger partial charge on any atom is 0.159 e. The van der Waals surface area contributed by atoms with E-state index in [0.717, 1.165) is 50.1 Å². The highest BCUT2D eigenvalue weighted by atomic mass is 16.3. The van der Waals surface area contributed by atoms with Crippen molar-refractivity contribution in [2.24, 2.45) is 0 Å². The fourth-order valence-electron chi connectivity index (χ4n) is 9.72. The zero-order valence-electron chi connectivity index (χ0n) is 31.9. The minimum absolute atomic E-state index is 0.871. The second-order valence-corrected chi connectivity index (χ2v) is 15.7. The van der Waals surface area contributed by atoms with E-state index in [4.69, 9.17) is 4.42 Å². The van der Waals surface area contributed by atoms with Crippen molar-refractivity contribution in [1.29, 1.82) is 0 Å². The van der Waals surface area contributed by atoms with Crippen LogP contribution in [0.5, 0.6) is 0 Å². The average molecular weight is 751 g/mol. The van der Waals surface area contributed by atoms with Crippen LogP contribution in [0.25, 0.3) is 104 Å². The lowest BCUT2D eigenvalue weighted by atomic mass is 9.78. The van der Waals surface area contributed by atoms with E-state index in [-0.39, 0.29) is 0 Å². The van der Waals surface area contributed by atoms with Crippen LogP contribution in [0.2, 0.25) is 0 Å². The predicted octanol–water partition coefficient (Wildman–Crippen LogP) is 15.8. The SMILES string of the molecule is c1ccc(-c2ccccc2N(c2ccc3cc4c(cc3c2)-c2cc3ccc(-n5c6ccccc6c6ccccc65)cc3cc2-4)c2cccc3c2oc2ccccc23)cc1. The van der Waals surface area contributed by atoms with Crippen LogP contribution >= 0.6 is 0 Å². The third-order valence-electron chi connectivity index (χ3n) is 12.5. The molecule has 0 fully saturated rings. The van der Waals surface area contributed by atoms with Gasteiger partial charge in [0, 0.05) is 38.5 Å². The van der Waals surface area contributed by atoms with Gasteiger partial charge >= 0.3 is 0 Å². The molecule has 1 aliphatic carbocycles. The smallest absolute Gasteiger partial charge is 0.159 e. The van der Waals surface area contributed by atoms with Crippen molar-refractivity contribution in [2.75, 3.05) is 4.90 Å². The van der Waals surface area contributed by atoms with Crippen LogP contribution < -0.4 is 4.90 Å². The Morgan fingerprint density at radius 3 is 1.66 bits per heavy atom. The number of benzene rings is 10. The standard InChI is InChI=1S/C56H34N2O/c1-2-13-35(14-3-1)42-15-4-8-20-51(42)58(54-23-12-19-46-45-18-7-11-24-55(45)59-56(46)54)41-28-26-37-32-48-49-33-38-29-40(27-25-36(38)31-47(49)50(48)34-39(37)30-41)57-52-21-9-5-16-43(52)44-17-6-10-22-53(44)57/h1-34H. The van der Waals surface area contributed by atoms with Gasteiger partial charge in [-0.25, -0.2) is 0 Å². The van der Waals surface area contributed by atoms with Crippen molar-refractivity contribution in [1.82, 2.24) is 4.57 Å². The molecule has 2 heterocycles. The third kappa shape index (κ3) is 4.76. The first-order valence-corrected chi connectivity index (χ1v) is 20.2. The molecular formula is C56H34N2O. The first-order chi connectivity index (χ1) is 29.2. The molecule has 10 aromatic carbocycles. The Kier molecular flexibility index (Phi) is 6.72. The fraction of sp³-hybridized carbons (Fsp3) is 0. The summed E-state index contributed by atoms with van der Waals surface area (Å²) in [5.74, 6) is 0. The lowest BCUT2D eigenvalue weighted by Gasteiger charge is -2.29. The zero-order chi connectivity index (χ0) is 38.6. The third-order valence-corrected chi connectivity index (χ3v) is 12.5. The molecule has 0 amide bonds. The number of fused-ring (bicyclic) bond motifs is 12. The molecule has 3 heteroatoms. The molecule has 0 N–H and O–H groups in total. The Morgan fingerprint density at radius 1 is 0.356 bits per heavy atom. The lowest BCUT2D eigenvalue weighted by Crippen LogP contribution is -2.11. The monoisotopic (exact) mass is 750 g/mol. The van der Waals surface area contributed by atoms with E-state index >= 15 is 0 Å². The van der Waals surface area contributed by atoms with Gasteiger partial charge in [-0.05, 0) is 128 Å². The van der Waals surface area contributed by atoms with Crippen molar-refractivity contribution in [3.8, 4) is 39.1 Å². The molecule has 0 saturated carbocycles. The molecule has 13 rings (SSSR count). The molecule has 0 atom stereocenters. The molecule has 59 heavy (non-hydrogen) atoms. The van der Waals surface area contributed by atoms with Gasteiger partial charge in [0.05, 0.1) is 22.4 Å². The summed E-state index contributed by atoms with van der Waals surface area (Å²) in [7, 11) is 0. The summed E-state index contributed by atoms with van der Waals surface area (Å²) in [6, 6.07) is 74.9. The number of anilines is 3. The van der Waals surface area contributed by atoms with Crippen LogP contribution in [0.1, 0.15) is 0 Å². The van der Waals surface area contributed by atoms with Crippen LogP contribution in [0.15, 0.2) is 211 Å². The Labute approximate surface area is 340 Å². The molecule has 0 bridgehead atoms. The topological polar surface area (TPSA) is 21.3 Å². The van der Waals surface area contributed by atoms with Crippen LogP contribution in [-0.4, -0.2) is 4.57 Å². The van der Waals surface area contributed by atoms with Gasteiger partial charge in [0.25, 0.3) is 0 Å². The minimum Gasteiger partial charge on any atom is -0.454 e. The molecule has 3 nitrogen and oxygen atoms in total. The summed E-state index contributed by atoms with van der Waals surface area (Å²) in [4.78, 5) is 2.38. The van der Waals surface area contributed by atoms with Crippen molar-refractivity contribution >= 4 is 82.4 Å². The minimum atomic E-state index is 0.871. The number of para-hydroxylation sites is 5. The number of furan rings is 1. The summed E-state index contributed by atoms with van der Waals surface area (Å²) < 4.78 is 9.08. The second-order valence-electron chi connectivity index (χ2n) is 15.7. The molecule has 0 aliphatic heterocycles. The van der Waals surface area contributed by atoms with E-state index in [0.29, 0.717) is 0 Å². The van der Waals surface area contributed by atoms with Crippen molar-refractivity contribution < 1.29 is 4.42 Å². The summed E-state index contributed by atoms with van der Waals surface area (Å²) >= 11 is 0. The van der Waals surface area contributed by atoms with Crippen LogP contribution in [0, 0.1) is 0 Å². The first kappa shape index (κ1) is 32.2. The number of rotatable bonds is 5. The molecule has 1 aliphatic rings. The van der Waals surface area contributed by atoms with Gasteiger partial charge in [-0.3, -0.25) is 0 Å². The largest absolute Gasteiger partial charge is 0.454 e. The summed E-state index contributed by atoms with van der Waals surface area (Å²) in [6.45, 7) is 0. The number of nitrogens with zero attached hydrogens (tertiary/aromatic N) is 2. The van der Waals surface area contributed by atoms with Gasteiger partial charge in [0.15, 0.2) is 5.58 Å². The first-order valence-electron chi connectivity index (χ1n) is 20.2. The molecule has 0 unspecified atom stereocenters. The van der Waals surface area contributed by atoms with E-state index in [9.17, 15) is 0 Å². The van der Waals surface area contributed by atoms with Gasteiger partial charge in [-0.2, -0.15) is 0 Å². The maximum absolute atomic E-state index is 6.68. The van der Waals surface area contributed by atoms with Crippen LogP contribution in [-0.2, 0) is 0 Å². The molecule has 0 radical (unpaired) electrons. The van der Waals surface area contributed by atoms with Crippen LogP contribution in [0.3, 0.4) is 0 Å². The molecule has 12 aromatic rings. The van der Waals surface area contributed by atoms with E-state index in [1.54, 1.807) is 0 Å². The van der Waals surface area contributed by atoms with Gasteiger partial charge < -0.3 is 13.9 Å².